The van der Waals surface area contributed by atoms with E-state index in [1.165, 1.54) is 0 Å². The third-order valence-electron chi connectivity index (χ3n) is 5.64. The number of aliphatic hydroxyl groups excluding tert-OH is 1. The molecule has 1 amide bonds. The maximum atomic E-state index is 12.3. The molecule has 6 heteroatoms. The Morgan fingerprint density at radius 1 is 1.25 bits per heavy atom. The second-order valence-electron chi connectivity index (χ2n) is 8.80. The number of aliphatic hydroxyl groups is 1. The molecular formula is C18H32N2O4. The fraction of sp³-hybridized carbons (Fsp3) is 0.944. The molecule has 1 aliphatic carbocycles. The monoisotopic (exact) mass is 340 g/mol. The molecule has 2 heterocycles. The van der Waals surface area contributed by atoms with Gasteiger partial charge >= 0.3 is 6.09 Å². The molecule has 0 unspecified atom stereocenters. The van der Waals surface area contributed by atoms with Gasteiger partial charge in [0.1, 0.15) is 5.60 Å². The summed E-state index contributed by atoms with van der Waals surface area (Å²) in [5.74, 6) is 0. The predicted octanol–water partition coefficient (Wildman–Crippen LogP) is 1.91. The molecule has 3 fully saturated rings. The molecule has 6 nitrogen and oxygen atoms in total. The summed E-state index contributed by atoms with van der Waals surface area (Å²) in [6.45, 7) is 8.42. The van der Waals surface area contributed by atoms with Crippen LogP contribution in [0.15, 0.2) is 0 Å². The summed E-state index contributed by atoms with van der Waals surface area (Å²) in [5.41, 5.74) is -0.168. The fourth-order valence-electron chi connectivity index (χ4n) is 4.23. The summed E-state index contributed by atoms with van der Waals surface area (Å²) in [5, 5.41) is 13.4. The normalized spacial score (nSPS) is 37.2. The fourth-order valence-corrected chi connectivity index (χ4v) is 4.23. The minimum absolute atomic E-state index is 0.0749. The van der Waals surface area contributed by atoms with Crippen LogP contribution in [0.1, 0.15) is 52.9 Å². The Hall–Kier alpha value is -0.850. The number of hydrogen-bond donors (Lipinski definition) is 2. The molecule has 2 N–H and O–H groups in total. The van der Waals surface area contributed by atoms with Gasteiger partial charge in [-0.05, 0) is 58.3 Å². The number of carbonyl (C=O) groups is 1. The van der Waals surface area contributed by atoms with Crippen molar-refractivity contribution < 1.29 is 19.4 Å². The summed E-state index contributed by atoms with van der Waals surface area (Å²) >= 11 is 0. The molecular weight excluding hydrogens is 308 g/mol. The maximum Gasteiger partial charge on any atom is 0.410 e. The zero-order valence-electron chi connectivity index (χ0n) is 15.2. The largest absolute Gasteiger partial charge is 0.444 e. The number of rotatable bonds is 2. The van der Waals surface area contributed by atoms with Crippen molar-refractivity contribution in [2.75, 3.05) is 26.3 Å². The molecule has 2 atom stereocenters. The lowest BCUT2D eigenvalue weighted by Gasteiger charge is -2.38. The van der Waals surface area contributed by atoms with Gasteiger partial charge in [-0.15, -0.1) is 0 Å². The van der Waals surface area contributed by atoms with E-state index < -0.39 is 5.60 Å². The minimum Gasteiger partial charge on any atom is -0.444 e. The van der Waals surface area contributed by atoms with E-state index in [0.29, 0.717) is 19.3 Å². The van der Waals surface area contributed by atoms with E-state index in [0.717, 1.165) is 45.2 Å². The van der Waals surface area contributed by atoms with Crippen molar-refractivity contribution in [3.05, 3.63) is 0 Å². The molecule has 2 aliphatic heterocycles. The van der Waals surface area contributed by atoms with Crippen LogP contribution in [0.3, 0.4) is 0 Å². The molecule has 0 aromatic rings. The summed E-state index contributed by atoms with van der Waals surface area (Å²) < 4.78 is 10.8. The molecule has 0 aromatic heterocycles. The van der Waals surface area contributed by atoms with Gasteiger partial charge in [0, 0.05) is 19.1 Å². The molecule has 3 rings (SSSR count). The quantitative estimate of drug-likeness (QED) is 0.803. The first-order valence-corrected chi connectivity index (χ1v) is 9.26. The average Bonchev–Trinajstić information content (AvgIpc) is 3.08. The Kier molecular flexibility index (Phi) is 5.09. The topological polar surface area (TPSA) is 71.0 Å². The molecule has 24 heavy (non-hydrogen) atoms. The van der Waals surface area contributed by atoms with E-state index in [4.69, 9.17) is 9.47 Å². The number of likely N-dealkylation sites (tertiary alicyclic amines) is 1. The lowest BCUT2D eigenvalue weighted by atomic mass is 9.72. The number of nitrogens with zero attached hydrogens (tertiary/aromatic N) is 1. The third-order valence-corrected chi connectivity index (χ3v) is 5.64. The van der Waals surface area contributed by atoms with E-state index in [9.17, 15) is 9.90 Å². The van der Waals surface area contributed by atoms with E-state index in [-0.39, 0.29) is 23.7 Å². The third kappa shape index (κ3) is 4.21. The van der Waals surface area contributed by atoms with Crippen LogP contribution >= 0.6 is 0 Å². The highest BCUT2D eigenvalue weighted by Crippen LogP contribution is 2.44. The van der Waals surface area contributed by atoms with Crippen molar-refractivity contribution in [1.82, 2.24) is 10.2 Å². The maximum absolute atomic E-state index is 12.3. The second kappa shape index (κ2) is 6.81. The van der Waals surface area contributed by atoms with Crippen LogP contribution in [0.2, 0.25) is 0 Å². The number of amides is 1. The standard InChI is InChI=1S/C18H32N2O4/c1-17(2,3)24-16(22)20-9-8-18(12-20)6-4-13(5-7-18)19-14-10-23-11-15(14)21/h13-15,19,21H,4-12H2,1-3H3/t13?,14-,15-,18?/m1/s1. The van der Waals surface area contributed by atoms with E-state index in [1.54, 1.807) is 0 Å². The molecule has 0 aromatic carbocycles. The molecule has 3 aliphatic rings. The van der Waals surface area contributed by atoms with Gasteiger partial charge in [0.25, 0.3) is 0 Å². The first-order valence-electron chi connectivity index (χ1n) is 9.26. The molecule has 2 saturated heterocycles. The van der Waals surface area contributed by atoms with Crippen molar-refractivity contribution in [3.8, 4) is 0 Å². The Morgan fingerprint density at radius 3 is 2.54 bits per heavy atom. The SMILES string of the molecule is CC(C)(C)OC(=O)N1CCC2(CCC(N[C@@H]3COC[C@H]3O)CC2)C1. The summed E-state index contributed by atoms with van der Waals surface area (Å²) in [7, 11) is 0. The van der Waals surface area contributed by atoms with Gasteiger partial charge in [-0.25, -0.2) is 4.79 Å². The van der Waals surface area contributed by atoms with Crippen molar-refractivity contribution in [1.29, 1.82) is 0 Å². The zero-order valence-corrected chi connectivity index (χ0v) is 15.2. The Morgan fingerprint density at radius 2 is 1.96 bits per heavy atom. The van der Waals surface area contributed by atoms with Crippen molar-refractivity contribution in [2.24, 2.45) is 5.41 Å². The number of hydrogen-bond acceptors (Lipinski definition) is 5. The molecule has 0 radical (unpaired) electrons. The van der Waals surface area contributed by atoms with Gasteiger partial charge in [0.05, 0.1) is 25.4 Å². The van der Waals surface area contributed by atoms with Gasteiger partial charge in [-0.1, -0.05) is 0 Å². The van der Waals surface area contributed by atoms with Gasteiger partial charge in [-0.3, -0.25) is 0 Å². The average molecular weight is 340 g/mol. The highest BCUT2D eigenvalue weighted by Gasteiger charge is 2.43. The van der Waals surface area contributed by atoms with Crippen LogP contribution in [-0.2, 0) is 9.47 Å². The van der Waals surface area contributed by atoms with E-state index >= 15 is 0 Å². The highest BCUT2D eigenvalue weighted by atomic mass is 16.6. The Labute approximate surface area is 144 Å². The molecule has 1 saturated carbocycles. The van der Waals surface area contributed by atoms with Crippen LogP contribution in [0.4, 0.5) is 4.79 Å². The Bertz CT molecular complexity index is 454. The first kappa shape index (κ1) is 18.0. The lowest BCUT2D eigenvalue weighted by molar-refractivity contribution is 0.0258. The first-order chi connectivity index (χ1) is 11.3. The summed E-state index contributed by atoms with van der Waals surface area (Å²) in [6, 6.07) is 0.526. The summed E-state index contributed by atoms with van der Waals surface area (Å²) in [4.78, 5) is 14.1. The van der Waals surface area contributed by atoms with Crippen molar-refractivity contribution in [3.63, 3.8) is 0 Å². The molecule has 138 valence electrons. The van der Waals surface area contributed by atoms with Crippen LogP contribution in [0.5, 0.6) is 0 Å². The zero-order chi connectivity index (χ0) is 17.4. The van der Waals surface area contributed by atoms with Crippen LogP contribution in [-0.4, -0.2) is 66.2 Å². The minimum atomic E-state index is -0.432. The van der Waals surface area contributed by atoms with Gasteiger partial charge in [-0.2, -0.15) is 0 Å². The smallest absolute Gasteiger partial charge is 0.410 e. The number of nitrogens with one attached hydrogen (secondary N) is 1. The second-order valence-corrected chi connectivity index (χ2v) is 8.80. The van der Waals surface area contributed by atoms with Crippen LogP contribution in [0.25, 0.3) is 0 Å². The number of ether oxygens (including phenoxy) is 2. The van der Waals surface area contributed by atoms with Gasteiger partial charge in [0.2, 0.25) is 0 Å². The van der Waals surface area contributed by atoms with Crippen molar-refractivity contribution in [2.45, 2.75) is 76.7 Å². The Balaban J connectivity index is 1.47. The number of carbonyl (C=O) groups excluding carboxylic acids is 1. The summed E-state index contributed by atoms with van der Waals surface area (Å²) in [6.07, 6.45) is 4.99. The van der Waals surface area contributed by atoms with Gasteiger partial charge in [0.15, 0.2) is 0 Å². The van der Waals surface area contributed by atoms with Gasteiger partial charge < -0.3 is 24.8 Å². The molecule has 1 spiro atoms. The van der Waals surface area contributed by atoms with Crippen LogP contribution in [0, 0.1) is 5.41 Å². The highest BCUT2D eigenvalue weighted by molar-refractivity contribution is 5.68. The van der Waals surface area contributed by atoms with Crippen molar-refractivity contribution >= 4 is 6.09 Å². The molecule has 0 bridgehead atoms. The van der Waals surface area contributed by atoms with E-state index in [2.05, 4.69) is 5.32 Å². The lowest BCUT2D eigenvalue weighted by Crippen LogP contribution is -2.48. The van der Waals surface area contributed by atoms with E-state index in [1.807, 2.05) is 25.7 Å². The van der Waals surface area contributed by atoms with Crippen LogP contribution < -0.4 is 5.32 Å². The predicted molar refractivity (Wildman–Crippen MR) is 90.9 cm³/mol.